The molecule has 0 amide bonds. The number of nitrogens with zero attached hydrogens (tertiary/aromatic N) is 4. The van der Waals surface area contributed by atoms with Crippen molar-refractivity contribution in [2.75, 3.05) is 91.8 Å². The van der Waals surface area contributed by atoms with Crippen LogP contribution in [-0.2, 0) is 23.9 Å². The van der Waals surface area contributed by atoms with E-state index in [0.717, 1.165) is 0 Å². The lowest BCUT2D eigenvalue weighted by molar-refractivity contribution is -0.144. The maximum atomic E-state index is 11.3. The fourth-order valence-corrected chi connectivity index (χ4v) is 3.79. The summed E-state index contributed by atoms with van der Waals surface area (Å²) in [6, 6.07) is -0.867. The number of ether oxygens (including phenoxy) is 1. The van der Waals surface area contributed by atoms with Gasteiger partial charge in [0.05, 0.1) is 45.0 Å². The summed E-state index contributed by atoms with van der Waals surface area (Å²) in [6.45, 7) is -0.547. The molecule has 1 rings (SSSR count). The molecule has 0 aliphatic carbocycles. The van der Waals surface area contributed by atoms with Crippen LogP contribution in [0.2, 0.25) is 0 Å². The third kappa shape index (κ3) is 13.3. The third-order valence-electron chi connectivity index (χ3n) is 5.56. The molecular weight excluding hydrogens is 472 g/mol. The number of hydrogen-bond donors (Lipinski definition) is 6. The lowest BCUT2D eigenvalue weighted by atomic mass is 10.1. The van der Waals surface area contributed by atoms with Gasteiger partial charge in [-0.25, -0.2) is 4.79 Å². The predicted octanol–water partition coefficient (Wildman–Crippen LogP) is -3.72. The summed E-state index contributed by atoms with van der Waals surface area (Å²) in [6.07, 6.45) is -1.25. The molecule has 1 saturated heterocycles. The van der Waals surface area contributed by atoms with Crippen molar-refractivity contribution in [3.63, 3.8) is 0 Å². The molecule has 202 valence electrons. The smallest absolute Gasteiger partial charge is 0.329 e. The lowest BCUT2D eigenvalue weighted by Crippen LogP contribution is -2.54. The lowest BCUT2D eigenvalue weighted by Gasteiger charge is -2.37. The summed E-state index contributed by atoms with van der Waals surface area (Å²) in [7, 11) is 0. The Morgan fingerprint density at radius 1 is 0.657 bits per heavy atom. The van der Waals surface area contributed by atoms with Gasteiger partial charge in [-0.1, -0.05) is 0 Å². The van der Waals surface area contributed by atoms with Crippen LogP contribution in [0.1, 0.15) is 0 Å². The molecule has 0 radical (unpaired) electrons. The molecule has 1 aliphatic heterocycles. The molecule has 0 spiro atoms. The Labute approximate surface area is 202 Å². The molecule has 1 heterocycles. The third-order valence-corrected chi connectivity index (χ3v) is 5.56. The second-order valence-corrected chi connectivity index (χ2v) is 8.27. The summed E-state index contributed by atoms with van der Waals surface area (Å²) < 4.78 is 4.94. The van der Waals surface area contributed by atoms with E-state index in [9.17, 15) is 44.7 Å². The highest BCUT2D eigenvalue weighted by atomic mass is 16.5. The number of carboxylic acid groups (broad SMARTS) is 4. The van der Waals surface area contributed by atoms with Crippen molar-refractivity contribution in [3.05, 3.63) is 0 Å². The van der Waals surface area contributed by atoms with E-state index in [1.807, 2.05) is 0 Å². The van der Waals surface area contributed by atoms with Gasteiger partial charge in [0.2, 0.25) is 0 Å². The Hall–Kier alpha value is -2.40. The number of aliphatic hydroxyl groups is 2. The summed E-state index contributed by atoms with van der Waals surface area (Å²) in [5.41, 5.74) is 0. The minimum absolute atomic E-state index is 0.203. The van der Waals surface area contributed by atoms with E-state index in [2.05, 4.69) is 0 Å². The topological polar surface area (TPSA) is 212 Å². The monoisotopic (exact) mass is 508 g/mol. The zero-order valence-electron chi connectivity index (χ0n) is 19.6. The molecule has 0 aromatic rings. The zero-order chi connectivity index (χ0) is 26.4. The van der Waals surface area contributed by atoms with Crippen molar-refractivity contribution in [2.24, 2.45) is 0 Å². The Morgan fingerprint density at radius 3 is 1.34 bits per heavy atom. The van der Waals surface area contributed by atoms with Crippen LogP contribution in [0.15, 0.2) is 0 Å². The molecule has 0 unspecified atom stereocenters. The van der Waals surface area contributed by atoms with E-state index < -0.39 is 49.2 Å². The van der Waals surface area contributed by atoms with Crippen molar-refractivity contribution in [2.45, 2.75) is 12.1 Å². The van der Waals surface area contributed by atoms with Gasteiger partial charge in [0, 0.05) is 52.4 Å². The standard InChI is InChI=1S/C20H36N4O11/c25-12-15(16(26)13-35-14-20(33)34)24-7-5-22(10-18(29)30)3-1-21(9-17(27)28)2-4-23(6-8-24)11-19(31)32/h15-16,25-26H,1-14H2,(H,27,28)(H,29,30)(H,31,32)(H,33,34)/t15-,16-/m0/s1. The summed E-state index contributed by atoms with van der Waals surface area (Å²) in [4.78, 5) is 51.1. The van der Waals surface area contributed by atoms with Gasteiger partial charge in [0.1, 0.15) is 6.61 Å². The van der Waals surface area contributed by atoms with Gasteiger partial charge in [0.25, 0.3) is 0 Å². The number of rotatable bonds is 13. The van der Waals surface area contributed by atoms with Crippen molar-refractivity contribution in [1.82, 2.24) is 19.6 Å². The van der Waals surface area contributed by atoms with Crippen LogP contribution in [0.5, 0.6) is 0 Å². The highest BCUT2D eigenvalue weighted by Gasteiger charge is 2.28. The second-order valence-electron chi connectivity index (χ2n) is 8.27. The maximum absolute atomic E-state index is 11.3. The van der Waals surface area contributed by atoms with Crippen LogP contribution in [0, 0.1) is 0 Å². The first-order valence-electron chi connectivity index (χ1n) is 11.2. The van der Waals surface area contributed by atoms with Crippen LogP contribution in [0.4, 0.5) is 0 Å². The molecule has 0 aromatic carbocycles. The van der Waals surface area contributed by atoms with Gasteiger partial charge in [-0.3, -0.25) is 34.0 Å². The fraction of sp³-hybridized carbons (Fsp3) is 0.800. The Balaban J connectivity index is 3.05. The van der Waals surface area contributed by atoms with Gasteiger partial charge >= 0.3 is 23.9 Å². The molecule has 6 N–H and O–H groups in total. The van der Waals surface area contributed by atoms with E-state index in [1.165, 1.54) is 0 Å². The van der Waals surface area contributed by atoms with Crippen molar-refractivity contribution in [3.8, 4) is 0 Å². The van der Waals surface area contributed by atoms with Crippen LogP contribution in [0.3, 0.4) is 0 Å². The van der Waals surface area contributed by atoms with Gasteiger partial charge < -0.3 is 35.4 Å². The molecule has 15 nitrogen and oxygen atoms in total. The molecule has 1 aliphatic rings. The van der Waals surface area contributed by atoms with Crippen molar-refractivity contribution >= 4 is 23.9 Å². The molecule has 0 saturated carbocycles. The van der Waals surface area contributed by atoms with Gasteiger partial charge in [0.15, 0.2) is 0 Å². The van der Waals surface area contributed by atoms with Gasteiger partial charge in [-0.15, -0.1) is 0 Å². The van der Waals surface area contributed by atoms with Crippen LogP contribution < -0.4 is 0 Å². The molecule has 0 bridgehead atoms. The number of carbonyl (C=O) groups is 4. The average molecular weight is 509 g/mol. The van der Waals surface area contributed by atoms with E-state index >= 15 is 0 Å². The average Bonchev–Trinajstić information content (AvgIpc) is 2.74. The molecule has 2 atom stereocenters. The molecule has 0 aromatic heterocycles. The number of hydrogen-bond acceptors (Lipinski definition) is 11. The van der Waals surface area contributed by atoms with E-state index in [4.69, 9.17) is 9.84 Å². The molecular formula is C20H36N4O11. The minimum Gasteiger partial charge on any atom is -0.480 e. The second kappa shape index (κ2) is 16.3. The Kier molecular flexibility index (Phi) is 14.3. The first-order chi connectivity index (χ1) is 16.5. The Bertz CT molecular complexity index is 664. The summed E-state index contributed by atoms with van der Waals surface area (Å²) >= 11 is 0. The number of aliphatic hydroxyl groups excluding tert-OH is 2. The van der Waals surface area contributed by atoms with Crippen LogP contribution in [0.25, 0.3) is 0 Å². The highest BCUT2D eigenvalue weighted by Crippen LogP contribution is 2.09. The quantitative estimate of drug-likeness (QED) is 0.141. The highest BCUT2D eigenvalue weighted by molar-refractivity contribution is 5.70. The minimum atomic E-state index is -1.25. The molecule has 35 heavy (non-hydrogen) atoms. The van der Waals surface area contributed by atoms with Crippen molar-refractivity contribution < 1.29 is 54.6 Å². The van der Waals surface area contributed by atoms with E-state index in [-0.39, 0.29) is 78.6 Å². The molecule has 1 fully saturated rings. The van der Waals surface area contributed by atoms with E-state index in [1.54, 1.807) is 19.6 Å². The van der Waals surface area contributed by atoms with Crippen molar-refractivity contribution in [1.29, 1.82) is 0 Å². The van der Waals surface area contributed by atoms with E-state index in [0.29, 0.717) is 0 Å². The fourth-order valence-electron chi connectivity index (χ4n) is 3.79. The first kappa shape index (κ1) is 30.6. The summed E-state index contributed by atoms with van der Waals surface area (Å²) in [5.74, 6) is -4.40. The molecule has 15 heteroatoms. The first-order valence-corrected chi connectivity index (χ1v) is 11.2. The van der Waals surface area contributed by atoms with Crippen LogP contribution in [-0.4, -0.2) is 178 Å². The zero-order valence-corrected chi connectivity index (χ0v) is 19.6. The maximum Gasteiger partial charge on any atom is 0.329 e. The van der Waals surface area contributed by atoms with Gasteiger partial charge in [-0.2, -0.15) is 0 Å². The Morgan fingerprint density at radius 2 is 1.03 bits per heavy atom. The van der Waals surface area contributed by atoms with Gasteiger partial charge in [-0.05, 0) is 0 Å². The SMILES string of the molecule is O=C(O)COC[C@H](O)[C@H](CO)N1CCN(CC(=O)O)CCN(CC(=O)O)CCN(CC(=O)O)CC1. The number of carboxylic acids is 4. The largest absolute Gasteiger partial charge is 0.480 e. The van der Waals surface area contributed by atoms with Crippen LogP contribution >= 0.6 is 0 Å². The number of aliphatic carboxylic acids is 4. The predicted molar refractivity (Wildman–Crippen MR) is 119 cm³/mol. The summed E-state index contributed by atoms with van der Waals surface area (Å²) in [5, 5.41) is 56.9. The normalized spacial score (nSPS) is 19.8.